The molecule has 144 valence electrons. The van der Waals surface area contributed by atoms with Gasteiger partial charge in [0.25, 0.3) is 0 Å². The van der Waals surface area contributed by atoms with Crippen LogP contribution in [0.5, 0.6) is 11.5 Å². The van der Waals surface area contributed by atoms with Gasteiger partial charge in [0.2, 0.25) is 5.91 Å². The summed E-state index contributed by atoms with van der Waals surface area (Å²) in [5, 5.41) is 2.88. The number of nitrogens with one attached hydrogen (secondary N) is 1. The van der Waals surface area contributed by atoms with E-state index in [2.05, 4.69) is 5.32 Å². The zero-order valence-corrected chi connectivity index (χ0v) is 16.4. The third-order valence-corrected chi connectivity index (χ3v) is 4.51. The van der Waals surface area contributed by atoms with E-state index >= 15 is 0 Å². The van der Waals surface area contributed by atoms with Gasteiger partial charge in [-0.15, -0.1) is 0 Å². The number of ether oxygens (including phenoxy) is 2. The molecule has 0 saturated carbocycles. The Morgan fingerprint density at radius 3 is 2.19 bits per heavy atom. The van der Waals surface area contributed by atoms with Crippen LogP contribution in [0.1, 0.15) is 39.9 Å². The maximum absolute atomic E-state index is 12.1. The minimum absolute atomic E-state index is 0.0131. The molecule has 5 heteroatoms. The van der Waals surface area contributed by atoms with Crippen molar-refractivity contribution in [1.29, 1.82) is 0 Å². The SMILES string of the molecule is COc1cc(C)c(CCNC(=O)CCC(=O)c2ccc(C)cc2)cc1OC. The van der Waals surface area contributed by atoms with Crippen molar-refractivity contribution in [2.24, 2.45) is 0 Å². The van der Waals surface area contributed by atoms with Crippen molar-refractivity contribution < 1.29 is 19.1 Å². The van der Waals surface area contributed by atoms with E-state index in [1.165, 1.54) is 0 Å². The summed E-state index contributed by atoms with van der Waals surface area (Å²) >= 11 is 0. The molecule has 1 amide bonds. The summed E-state index contributed by atoms with van der Waals surface area (Å²) in [5.74, 6) is 1.24. The van der Waals surface area contributed by atoms with Crippen molar-refractivity contribution in [3.05, 3.63) is 58.7 Å². The van der Waals surface area contributed by atoms with Crippen LogP contribution in [-0.2, 0) is 11.2 Å². The molecule has 27 heavy (non-hydrogen) atoms. The van der Waals surface area contributed by atoms with Crippen molar-refractivity contribution in [3.8, 4) is 11.5 Å². The zero-order valence-electron chi connectivity index (χ0n) is 16.4. The van der Waals surface area contributed by atoms with Gasteiger partial charge in [-0.1, -0.05) is 29.8 Å². The van der Waals surface area contributed by atoms with E-state index in [0.717, 1.165) is 16.7 Å². The molecule has 1 N–H and O–H groups in total. The Balaban J connectivity index is 1.81. The predicted octanol–water partition coefficient (Wildman–Crippen LogP) is 3.64. The summed E-state index contributed by atoms with van der Waals surface area (Å²) in [7, 11) is 3.21. The first kappa shape index (κ1) is 20.5. The van der Waals surface area contributed by atoms with Gasteiger partial charge in [-0.2, -0.15) is 0 Å². The number of aryl methyl sites for hydroxylation is 2. The number of methoxy groups -OCH3 is 2. The minimum Gasteiger partial charge on any atom is -0.493 e. The second-order valence-electron chi connectivity index (χ2n) is 6.52. The maximum Gasteiger partial charge on any atom is 0.220 e. The fourth-order valence-electron chi connectivity index (χ4n) is 2.83. The van der Waals surface area contributed by atoms with Gasteiger partial charge < -0.3 is 14.8 Å². The number of ketones is 1. The fourth-order valence-corrected chi connectivity index (χ4v) is 2.83. The molecule has 2 aromatic rings. The summed E-state index contributed by atoms with van der Waals surface area (Å²) < 4.78 is 10.6. The third-order valence-electron chi connectivity index (χ3n) is 4.51. The monoisotopic (exact) mass is 369 g/mol. The van der Waals surface area contributed by atoms with E-state index in [4.69, 9.17) is 9.47 Å². The van der Waals surface area contributed by atoms with E-state index in [0.29, 0.717) is 30.0 Å². The quantitative estimate of drug-likeness (QED) is 0.686. The Hall–Kier alpha value is -2.82. The number of hydrogen-bond donors (Lipinski definition) is 1. The molecule has 2 aromatic carbocycles. The summed E-state index contributed by atoms with van der Waals surface area (Å²) in [6.07, 6.45) is 1.09. The molecule has 0 aromatic heterocycles. The van der Waals surface area contributed by atoms with Crippen molar-refractivity contribution >= 4 is 11.7 Å². The van der Waals surface area contributed by atoms with Crippen LogP contribution < -0.4 is 14.8 Å². The van der Waals surface area contributed by atoms with Gasteiger partial charge in [-0.3, -0.25) is 9.59 Å². The molecular weight excluding hydrogens is 342 g/mol. The molecule has 0 aliphatic carbocycles. The summed E-state index contributed by atoms with van der Waals surface area (Å²) in [5.41, 5.74) is 3.92. The highest BCUT2D eigenvalue weighted by Crippen LogP contribution is 2.30. The van der Waals surface area contributed by atoms with Crippen LogP contribution in [0.15, 0.2) is 36.4 Å². The van der Waals surface area contributed by atoms with Gasteiger partial charge in [0.1, 0.15) is 0 Å². The average molecular weight is 369 g/mol. The van der Waals surface area contributed by atoms with E-state index in [9.17, 15) is 9.59 Å². The standard InChI is InChI=1S/C22H27NO4/c1-15-5-7-17(8-6-15)19(24)9-10-22(25)23-12-11-18-14-21(27-4)20(26-3)13-16(18)2/h5-8,13-14H,9-12H2,1-4H3,(H,23,25). The maximum atomic E-state index is 12.1. The van der Waals surface area contributed by atoms with Crippen LogP contribution in [0, 0.1) is 13.8 Å². The molecule has 0 heterocycles. The highest BCUT2D eigenvalue weighted by atomic mass is 16.5. The molecule has 2 rings (SSSR count). The van der Waals surface area contributed by atoms with Crippen LogP contribution in [0.2, 0.25) is 0 Å². The van der Waals surface area contributed by atoms with E-state index < -0.39 is 0 Å². The lowest BCUT2D eigenvalue weighted by atomic mass is 10.0. The fraction of sp³-hybridized carbons (Fsp3) is 0.364. The number of benzene rings is 2. The zero-order chi connectivity index (χ0) is 19.8. The van der Waals surface area contributed by atoms with E-state index in [1.807, 2.05) is 38.1 Å². The number of Topliss-reactive ketones (excluding diaryl/α,β-unsaturated/α-hetero) is 1. The molecule has 0 bridgehead atoms. The summed E-state index contributed by atoms with van der Waals surface area (Å²) in [6, 6.07) is 11.3. The summed E-state index contributed by atoms with van der Waals surface area (Å²) in [4.78, 5) is 24.1. The van der Waals surface area contributed by atoms with Crippen molar-refractivity contribution in [2.45, 2.75) is 33.1 Å². The molecule has 0 unspecified atom stereocenters. The highest BCUT2D eigenvalue weighted by molar-refractivity contribution is 5.97. The van der Waals surface area contributed by atoms with Gasteiger partial charge in [0.05, 0.1) is 14.2 Å². The average Bonchev–Trinajstić information content (AvgIpc) is 2.67. The number of amides is 1. The first-order valence-corrected chi connectivity index (χ1v) is 9.02. The number of carbonyl (C=O) groups excluding carboxylic acids is 2. The predicted molar refractivity (Wildman–Crippen MR) is 106 cm³/mol. The normalized spacial score (nSPS) is 10.4. The molecule has 0 saturated heterocycles. The molecule has 0 aliphatic heterocycles. The van der Waals surface area contributed by atoms with E-state index in [-0.39, 0.29) is 24.5 Å². The van der Waals surface area contributed by atoms with Crippen LogP contribution in [0.25, 0.3) is 0 Å². The number of rotatable bonds is 9. The number of carbonyl (C=O) groups is 2. The molecule has 5 nitrogen and oxygen atoms in total. The first-order valence-electron chi connectivity index (χ1n) is 9.02. The lowest BCUT2D eigenvalue weighted by Crippen LogP contribution is -2.26. The largest absolute Gasteiger partial charge is 0.493 e. The molecule has 0 atom stereocenters. The first-order chi connectivity index (χ1) is 12.9. The Kier molecular flexibility index (Phi) is 7.41. The summed E-state index contributed by atoms with van der Waals surface area (Å²) in [6.45, 7) is 4.48. The molecule has 0 aliphatic rings. The van der Waals surface area contributed by atoms with E-state index in [1.54, 1.807) is 26.4 Å². The Morgan fingerprint density at radius 1 is 0.926 bits per heavy atom. The minimum atomic E-state index is -0.117. The van der Waals surface area contributed by atoms with Crippen LogP contribution in [0.3, 0.4) is 0 Å². The third kappa shape index (κ3) is 5.84. The lowest BCUT2D eigenvalue weighted by molar-refractivity contribution is -0.121. The van der Waals surface area contributed by atoms with Gasteiger partial charge in [0.15, 0.2) is 17.3 Å². The van der Waals surface area contributed by atoms with Crippen LogP contribution in [0.4, 0.5) is 0 Å². The molecule has 0 spiro atoms. The van der Waals surface area contributed by atoms with Crippen molar-refractivity contribution in [3.63, 3.8) is 0 Å². The Morgan fingerprint density at radius 2 is 1.56 bits per heavy atom. The van der Waals surface area contributed by atoms with Crippen LogP contribution >= 0.6 is 0 Å². The van der Waals surface area contributed by atoms with Crippen molar-refractivity contribution in [2.75, 3.05) is 20.8 Å². The second-order valence-corrected chi connectivity index (χ2v) is 6.52. The Labute approximate surface area is 160 Å². The Bertz CT molecular complexity index is 797. The van der Waals surface area contributed by atoms with Gasteiger partial charge in [-0.25, -0.2) is 0 Å². The molecular formula is C22H27NO4. The van der Waals surface area contributed by atoms with Gasteiger partial charge in [-0.05, 0) is 43.5 Å². The van der Waals surface area contributed by atoms with Crippen molar-refractivity contribution in [1.82, 2.24) is 5.32 Å². The van der Waals surface area contributed by atoms with Crippen LogP contribution in [-0.4, -0.2) is 32.5 Å². The lowest BCUT2D eigenvalue weighted by Gasteiger charge is -2.13. The van der Waals surface area contributed by atoms with Gasteiger partial charge >= 0.3 is 0 Å². The highest BCUT2D eigenvalue weighted by Gasteiger charge is 2.11. The topological polar surface area (TPSA) is 64.6 Å². The molecule has 0 fully saturated rings. The smallest absolute Gasteiger partial charge is 0.220 e. The van der Waals surface area contributed by atoms with Gasteiger partial charge in [0, 0.05) is 24.9 Å². The molecule has 0 radical (unpaired) electrons. The second kappa shape index (κ2) is 9.76. The number of hydrogen-bond acceptors (Lipinski definition) is 4.